The summed E-state index contributed by atoms with van der Waals surface area (Å²) >= 11 is 5.61. The number of benzene rings is 2. The number of rotatable bonds is 4. The Labute approximate surface area is 153 Å². The molecule has 0 spiro atoms. The average molecular weight is 385 g/mol. The average Bonchev–Trinajstić information content (AvgIpc) is 2.55. The number of halogens is 4. The lowest BCUT2D eigenvalue weighted by Crippen LogP contribution is -2.30. The Morgan fingerprint density at radius 3 is 2.00 bits per heavy atom. The lowest BCUT2D eigenvalue weighted by Gasteiger charge is -2.14. The zero-order chi connectivity index (χ0) is 19.5. The van der Waals surface area contributed by atoms with E-state index in [-0.39, 0.29) is 22.5 Å². The summed E-state index contributed by atoms with van der Waals surface area (Å²) in [6.45, 7) is 3.62. The molecule has 0 saturated heterocycles. The summed E-state index contributed by atoms with van der Waals surface area (Å²) in [6, 6.07) is 8.64. The summed E-state index contributed by atoms with van der Waals surface area (Å²) < 4.78 is 39.2. The first-order chi connectivity index (χ1) is 12.1. The molecule has 0 bridgehead atoms. The Morgan fingerprint density at radius 2 is 1.50 bits per heavy atom. The van der Waals surface area contributed by atoms with E-state index in [0.717, 1.165) is 12.1 Å². The summed E-state index contributed by atoms with van der Waals surface area (Å²) in [5.74, 6) is -1.03. The molecule has 2 rings (SSSR count). The van der Waals surface area contributed by atoms with Gasteiger partial charge in [-0.05, 0) is 56.3 Å². The predicted octanol–water partition coefficient (Wildman–Crippen LogP) is 4.75. The van der Waals surface area contributed by atoms with Crippen LogP contribution in [0.4, 0.5) is 18.9 Å². The number of hydrogen-bond donors (Lipinski definition) is 2. The van der Waals surface area contributed by atoms with Gasteiger partial charge in [0, 0.05) is 22.2 Å². The first kappa shape index (κ1) is 19.8. The van der Waals surface area contributed by atoms with Crippen LogP contribution in [0.1, 0.15) is 40.1 Å². The molecule has 0 heterocycles. The lowest BCUT2D eigenvalue weighted by atomic mass is 10.1. The Bertz CT molecular complexity index is 818. The van der Waals surface area contributed by atoms with E-state index >= 15 is 0 Å². The summed E-state index contributed by atoms with van der Waals surface area (Å²) in [6.07, 6.45) is -4.66. The number of alkyl halides is 3. The van der Waals surface area contributed by atoms with E-state index in [4.69, 9.17) is 11.6 Å². The van der Waals surface area contributed by atoms with Gasteiger partial charge < -0.3 is 10.6 Å². The highest BCUT2D eigenvalue weighted by Gasteiger charge is 2.34. The number of amides is 2. The monoisotopic (exact) mass is 384 g/mol. The molecule has 0 aliphatic heterocycles. The standard InChI is InChI=1S/C18H16ClF3N2O2/c1-10(2)23-16(25)11-3-5-12(6-4-11)17(26)24-15-8-7-13(19)9-14(15)18(20,21)22/h3-10H,1-2H3,(H,23,25)(H,24,26). The number of carbonyl (C=O) groups excluding carboxylic acids is 2. The molecule has 0 aromatic heterocycles. The third-order valence-corrected chi connectivity index (χ3v) is 3.60. The van der Waals surface area contributed by atoms with Crippen molar-refractivity contribution in [1.29, 1.82) is 0 Å². The molecular formula is C18H16ClF3N2O2. The van der Waals surface area contributed by atoms with Gasteiger partial charge >= 0.3 is 6.18 Å². The quantitative estimate of drug-likeness (QED) is 0.799. The number of hydrogen-bond acceptors (Lipinski definition) is 2. The lowest BCUT2D eigenvalue weighted by molar-refractivity contribution is -0.136. The van der Waals surface area contributed by atoms with Crippen molar-refractivity contribution in [3.63, 3.8) is 0 Å². The fourth-order valence-electron chi connectivity index (χ4n) is 2.17. The molecule has 0 saturated carbocycles. The van der Waals surface area contributed by atoms with E-state index in [1.807, 2.05) is 13.8 Å². The van der Waals surface area contributed by atoms with Gasteiger partial charge in [-0.2, -0.15) is 13.2 Å². The summed E-state index contributed by atoms with van der Waals surface area (Å²) in [4.78, 5) is 24.1. The summed E-state index contributed by atoms with van der Waals surface area (Å²) in [5.41, 5.74) is -0.966. The van der Waals surface area contributed by atoms with E-state index in [9.17, 15) is 22.8 Å². The Morgan fingerprint density at radius 1 is 0.962 bits per heavy atom. The van der Waals surface area contributed by atoms with Gasteiger partial charge in [-0.15, -0.1) is 0 Å². The molecule has 0 aliphatic rings. The van der Waals surface area contributed by atoms with Crippen LogP contribution in [0.5, 0.6) is 0 Å². The zero-order valence-electron chi connectivity index (χ0n) is 13.9. The van der Waals surface area contributed by atoms with Crippen molar-refractivity contribution in [2.24, 2.45) is 0 Å². The molecule has 2 amide bonds. The molecule has 0 unspecified atom stereocenters. The minimum atomic E-state index is -4.66. The molecule has 0 radical (unpaired) electrons. The Hall–Kier alpha value is -2.54. The van der Waals surface area contributed by atoms with Crippen LogP contribution in [0.2, 0.25) is 5.02 Å². The van der Waals surface area contributed by atoms with Crippen molar-refractivity contribution in [2.75, 3.05) is 5.32 Å². The number of nitrogens with one attached hydrogen (secondary N) is 2. The van der Waals surface area contributed by atoms with Gasteiger partial charge in [0.15, 0.2) is 0 Å². The van der Waals surface area contributed by atoms with Crippen molar-refractivity contribution in [3.8, 4) is 0 Å². The number of carbonyl (C=O) groups is 2. The maximum Gasteiger partial charge on any atom is 0.418 e. The maximum absolute atomic E-state index is 13.1. The summed E-state index contributed by atoms with van der Waals surface area (Å²) in [7, 11) is 0. The zero-order valence-corrected chi connectivity index (χ0v) is 14.7. The van der Waals surface area contributed by atoms with E-state index < -0.39 is 23.3 Å². The highest BCUT2D eigenvalue weighted by atomic mass is 35.5. The van der Waals surface area contributed by atoms with Crippen LogP contribution in [-0.4, -0.2) is 17.9 Å². The van der Waals surface area contributed by atoms with Gasteiger partial charge in [0.05, 0.1) is 11.3 Å². The molecule has 2 aromatic carbocycles. The summed E-state index contributed by atoms with van der Waals surface area (Å²) in [5, 5.41) is 4.84. The van der Waals surface area contributed by atoms with E-state index in [1.54, 1.807) is 0 Å². The minimum Gasteiger partial charge on any atom is -0.350 e. The van der Waals surface area contributed by atoms with Gasteiger partial charge in [0.2, 0.25) is 0 Å². The smallest absolute Gasteiger partial charge is 0.350 e. The van der Waals surface area contributed by atoms with Crippen LogP contribution in [0, 0.1) is 0 Å². The predicted molar refractivity (Wildman–Crippen MR) is 93.5 cm³/mol. The van der Waals surface area contributed by atoms with Crippen LogP contribution < -0.4 is 10.6 Å². The van der Waals surface area contributed by atoms with Gasteiger partial charge in [0.25, 0.3) is 11.8 Å². The van der Waals surface area contributed by atoms with Gasteiger partial charge in [-0.3, -0.25) is 9.59 Å². The van der Waals surface area contributed by atoms with Crippen LogP contribution >= 0.6 is 11.6 Å². The third-order valence-electron chi connectivity index (χ3n) is 3.36. The molecule has 2 N–H and O–H groups in total. The minimum absolute atomic E-state index is 0.0452. The van der Waals surface area contributed by atoms with Crippen LogP contribution in [0.15, 0.2) is 42.5 Å². The topological polar surface area (TPSA) is 58.2 Å². The van der Waals surface area contributed by atoms with Crippen molar-refractivity contribution in [2.45, 2.75) is 26.1 Å². The largest absolute Gasteiger partial charge is 0.418 e. The molecule has 8 heteroatoms. The van der Waals surface area contributed by atoms with Gasteiger partial charge in [0.1, 0.15) is 0 Å². The molecule has 2 aromatic rings. The first-order valence-electron chi connectivity index (χ1n) is 7.67. The molecule has 0 atom stereocenters. The van der Waals surface area contributed by atoms with Crippen LogP contribution in [-0.2, 0) is 6.18 Å². The second kappa shape index (κ2) is 7.78. The molecule has 0 aliphatic carbocycles. The van der Waals surface area contributed by atoms with Crippen LogP contribution in [0.25, 0.3) is 0 Å². The fraction of sp³-hybridized carbons (Fsp3) is 0.222. The molecule has 138 valence electrons. The highest BCUT2D eigenvalue weighted by molar-refractivity contribution is 6.30. The Kier molecular flexibility index (Phi) is 5.92. The van der Waals surface area contributed by atoms with Gasteiger partial charge in [-0.25, -0.2) is 0 Å². The third kappa shape index (κ3) is 4.98. The normalized spacial score (nSPS) is 11.3. The Balaban J connectivity index is 2.20. The van der Waals surface area contributed by atoms with Crippen molar-refractivity contribution in [3.05, 3.63) is 64.2 Å². The molecule has 4 nitrogen and oxygen atoms in total. The first-order valence-corrected chi connectivity index (χ1v) is 8.04. The van der Waals surface area contributed by atoms with Crippen molar-refractivity contribution >= 4 is 29.1 Å². The second-order valence-corrected chi connectivity index (χ2v) is 6.28. The van der Waals surface area contributed by atoms with E-state index in [1.165, 1.54) is 30.3 Å². The molecular weight excluding hydrogens is 369 g/mol. The fourth-order valence-corrected chi connectivity index (χ4v) is 2.35. The SMILES string of the molecule is CC(C)NC(=O)c1ccc(C(=O)Nc2ccc(Cl)cc2C(F)(F)F)cc1. The number of anilines is 1. The van der Waals surface area contributed by atoms with Crippen molar-refractivity contribution < 1.29 is 22.8 Å². The maximum atomic E-state index is 13.1. The van der Waals surface area contributed by atoms with E-state index in [0.29, 0.717) is 5.56 Å². The van der Waals surface area contributed by atoms with Gasteiger partial charge in [-0.1, -0.05) is 11.6 Å². The highest BCUT2D eigenvalue weighted by Crippen LogP contribution is 2.36. The molecule has 0 fully saturated rings. The second-order valence-electron chi connectivity index (χ2n) is 5.85. The van der Waals surface area contributed by atoms with Crippen LogP contribution in [0.3, 0.4) is 0 Å². The van der Waals surface area contributed by atoms with E-state index in [2.05, 4.69) is 10.6 Å². The van der Waals surface area contributed by atoms with Crippen molar-refractivity contribution in [1.82, 2.24) is 5.32 Å². The molecule has 26 heavy (non-hydrogen) atoms.